The van der Waals surface area contributed by atoms with Gasteiger partial charge < -0.3 is 14.4 Å². The van der Waals surface area contributed by atoms with E-state index in [0.29, 0.717) is 12.5 Å². The topological polar surface area (TPSA) is 47.5 Å². The Morgan fingerprint density at radius 3 is 2.72 bits per heavy atom. The summed E-state index contributed by atoms with van der Waals surface area (Å²) < 4.78 is 10.7. The number of methoxy groups -OCH3 is 1. The van der Waals surface area contributed by atoms with Crippen molar-refractivity contribution in [3.63, 3.8) is 0 Å². The van der Waals surface area contributed by atoms with E-state index in [1.807, 2.05) is 19.9 Å². The van der Waals surface area contributed by atoms with Gasteiger partial charge in [-0.05, 0) is 13.8 Å². The molecule has 1 rings (SSSR count). The fourth-order valence-electron chi connectivity index (χ4n) is 1.45. The lowest BCUT2D eigenvalue weighted by Gasteiger charge is -2.22. The summed E-state index contributed by atoms with van der Waals surface area (Å²) in [7, 11) is 1.69. The lowest BCUT2D eigenvalue weighted by atomic mass is 10.4. The van der Waals surface area contributed by atoms with Crippen molar-refractivity contribution in [2.45, 2.75) is 20.0 Å². The molecule has 0 N–H and O–H groups in total. The zero-order valence-electron chi connectivity index (χ0n) is 11.1. The highest BCUT2D eigenvalue weighted by molar-refractivity contribution is 9.09. The number of hydrogen-bond donors (Lipinski definition) is 0. The highest BCUT2D eigenvalue weighted by Crippen LogP contribution is 2.16. The van der Waals surface area contributed by atoms with Crippen LogP contribution in [0, 0.1) is 0 Å². The van der Waals surface area contributed by atoms with Crippen molar-refractivity contribution in [3.05, 3.63) is 12.4 Å². The summed E-state index contributed by atoms with van der Waals surface area (Å²) in [5.41, 5.74) is 0. The van der Waals surface area contributed by atoms with Gasteiger partial charge in [-0.2, -0.15) is 0 Å². The summed E-state index contributed by atoms with van der Waals surface area (Å²) in [6, 6.07) is 1.86. The molecule has 0 saturated carbocycles. The minimum absolute atomic E-state index is 0.108. The van der Waals surface area contributed by atoms with Gasteiger partial charge in [-0.15, -0.1) is 0 Å². The van der Waals surface area contributed by atoms with Gasteiger partial charge in [0.1, 0.15) is 12.1 Å². The van der Waals surface area contributed by atoms with Crippen molar-refractivity contribution in [1.82, 2.24) is 9.97 Å². The van der Waals surface area contributed by atoms with Gasteiger partial charge in [0.15, 0.2) is 0 Å². The van der Waals surface area contributed by atoms with E-state index in [1.165, 1.54) is 6.33 Å². The number of halogens is 1. The monoisotopic (exact) mass is 317 g/mol. The van der Waals surface area contributed by atoms with Gasteiger partial charge in [0, 0.05) is 31.6 Å². The molecular weight excluding hydrogens is 298 g/mol. The second kappa shape index (κ2) is 8.26. The number of aromatic nitrogens is 2. The smallest absolute Gasteiger partial charge is 0.218 e. The predicted molar refractivity (Wildman–Crippen MR) is 75.7 cm³/mol. The molecule has 0 aliphatic rings. The lowest BCUT2D eigenvalue weighted by molar-refractivity contribution is 0.205. The molecule has 18 heavy (non-hydrogen) atoms. The van der Waals surface area contributed by atoms with E-state index in [-0.39, 0.29) is 6.10 Å². The number of anilines is 1. The van der Waals surface area contributed by atoms with Gasteiger partial charge >= 0.3 is 0 Å². The zero-order chi connectivity index (χ0) is 13.4. The van der Waals surface area contributed by atoms with E-state index >= 15 is 0 Å². The van der Waals surface area contributed by atoms with Crippen molar-refractivity contribution < 1.29 is 9.47 Å². The first kappa shape index (κ1) is 15.2. The Labute approximate surface area is 117 Å². The molecule has 1 aromatic rings. The Morgan fingerprint density at radius 1 is 1.33 bits per heavy atom. The number of alkyl halides is 1. The fraction of sp³-hybridized carbons (Fsp3) is 0.667. The molecule has 102 valence electrons. The van der Waals surface area contributed by atoms with Crippen LogP contribution in [-0.4, -0.2) is 48.2 Å². The molecule has 1 heterocycles. The van der Waals surface area contributed by atoms with Gasteiger partial charge in [0.2, 0.25) is 5.88 Å². The van der Waals surface area contributed by atoms with Gasteiger partial charge in [0.05, 0.1) is 12.7 Å². The largest absolute Gasteiger partial charge is 0.475 e. The minimum Gasteiger partial charge on any atom is -0.475 e. The molecule has 6 heteroatoms. The van der Waals surface area contributed by atoms with Crippen LogP contribution < -0.4 is 9.64 Å². The van der Waals surface area contributed by atoms with E-state index < -0.39 is 0 Å². The number of ether oxygens (including phenoxy) is 2. The van der Waals surface area contributed by atoms with Crippen LogP contribution in [0.2, 0.25) is 0 Å². The van der Waals surface area contributed by atoms with Crippen LogP contribution in [0.5, 0.6) is 5.88 Å². The van der Waals surface area contributed by atoms with E-state index in [4.69, 9.17) is 9.47 Å². The summed E-state index contributed by atoms with van der Waals surface area (Å²) >= 11 is 3.44. The van der Waals surface area contributed by atoms with Crippen LogP contribution in [0.15, 0.2) is 12.4 Å². The second-order valence-corrected chi connectivity index (χ2v) is 4.84. The second-order valence-electron chi connectivity index (χ2n) is 4.05. The Morgan fingerprint density at radius 2 is 2.11 bits per heavy atom. The highest BCUT2D eigenvalue weighted by atomic mass is 79.9. The summed E-state index contributed by atoms with van der Waals surface area (Å²) in [5, 5.41) is 0.876. The van der Waals surface area contributed by atoms with E-state index in [9.17, 15) is 0 Å². The highest BCUT2D eigenvalue weighted by Gasteiger charge is 2.09. The SMILES string of the molecule is COCCN(CCBr)c1cc(OC(C)C)ncn1. The van der Waals surface area contributed by atoms with Crippen molar-refractivity contribution in [2.24, 2.45) is 0 Å². The maximum absolute atomic E-state index is 5.57. The first-order chi connectivity index (χ1) is 8.67. The average molecular weight is 318 g/mol. The van der Waals surface area contributed by atoms with Crippen molar-refractivity contribution in [3.8, 4) is 5.88 Å². The molecule has 0 unspecified atom stereocenters. The molecule has 1 aromatic heterocycles. The summed E-state index contributed by atoms with van der Waals surface area (Å²) in [4.78, 5) is 10.5. The van der Waals surface area contributed by atoms with Gasteiger partial charge in [-0.3, -0.25) is 0 Å². The zero-order valence-corrected chi connectivity index (χ0v) is 12.7. The van der Waals surface area contributed by atoms with Gasteiger partial charge in [-0.1, -0.05) is 15.9 Å². The molecule has 0 bridgehead atoms. The fourth-order valence-corrected chi connectivity index (χ4v) is 1.88. The lowest BCUT2D eigenvalue weighted by Crippen LogP contribution is -2.30. The normalized spacial score (nSPS) is 10.7. The molecule has 0 fully saturated rings. The van der Waals surface area contributed by atoms with Crippen molar-refractivity contribution in [2.75, 3.05) is 37.0 Å². The average Bonchev–Trinajstić information content (AvgIpc) is 2.34. The number of rotatable bonds is 8. The summed E-state index contributed by atoms with van der Waals surface area (Å²) in [6.45, 7) is 6.27. The Balaban J connectivity index is 2.76. The van der Waals surface area contributed by atoms with E-state index in [1.54, 1.807) is 7.11 Å². The van der Waals surface area contributed by atoms with Crippen LogP contribution in [0.25, 0.3) is 0 Å². The van der Waals surface area contributed by atoms with Gasteiger partial charge in [-0.25, -0.2) is 9.97 Å². The molecule has 0 aliphatic carbocycles. The van der Waals surface area contributed by atoms with Crippen molar-refractivity contribution in [1.29, 1.82) is 0 Å². The summed E-state index contributed by atoms with van der Waals surface area (Å²) in [5.74, 6) is 1.46. The standard InChI is InChI=1S/C12H20BrN3O2/c1-10(2)18-12-8-11(14-9-15-12)16(5-4-13)6-7-17-3/h8-10H,4-7H2,1-3H3. The predicted octanol–water partition coefficient (Wildman–Crippen LogP) is 2.11. The molecule has 0 aromatic carbocycles. The quantitative estimate of drug-likeness (QED) is 0.687. The molecule has 0 spiro atoms. The van der Waals surface area contributed by atoms with E-state index in [0.717, 1.165) is 24.2 Å². The van der Waals surface area contributed by atoms with Crippen LogP contribution >= 0.6 is 15.9 Å². The Kier molecular flexibility index (Phi) is 6.97. The maximum Gasteiger partial charge on any atom is 0.218 e. The minimum atomic E-state index is 0.108. The molecule has 0 atom stereocenters. The van der Waals surface area contributed by atoms with Crippen LogP contribution in [0.4, 0.5) is 5.82 Å². The number of hydrogen-bond acceptors (Lipinski definition) is 5. The molecule has 0 saturated heterocycles. The maximum atomic E-state index is 5.57. The molecule has 0 radical (unpaired) electrons. The third kappa shape index (κ3) is 5.18. The van der Waals surface area contributed by atoms with Crippen LogP contribution in [0.3, 0.4) is 0 Å². The third-order valence-electron chi connectivity index (χ3n) is 2.23. The van der Waals surface area contributed by atoms with Crippen LogP contribution in [0.1, 0.15) is 13.8 Å². The first-order valence-corrected chi connectivity index (χ1v) is 7.08. The molecular formula is C12H20BrN3O2. The van der Waals surface area contributed by atoms with E-state index in [2.05, 4.69) is 30.8 Å². The molecule has 0 amide bonds. The summed E-state index contributed by atoms with van der Waals surface area (Å²) in [6.07, 6.45) is 1.64. The third-order valence-corrected chi connectivity index (χ3v) is 2.58. The van der Waals surface area contributed by atoms with Crippen molar-refractivity contribution >= 4 is 21.7 Å². The number of nitrogens with zero attached hydrogens (tertiary/aromatic N) is 3. The molecule has 5 nitrogen and oxygen atoms in total. The van der Waals surface area contributed by atoms with Gasteiger partial charge in [0.25, 0.3) is 0 Å². The first-order valence-electron chi connectivity index (χ1n) is 5.96. The van der Waals surface area contributed by atoms with Crippen LogP contribution in [-0.2, 0) is 4.74 Å². The molecule has 0 aliphatic heterocycles. The Hall–Kier alpha value is -0.880. The Bertz CT molecular complexity index is 350.